The highest BCUT2D eigenvalue weighted by Crippen LogP contribution is 2.33. The van der Waals surface area contributed by atoms with Crippen LogP contribution in [-0.2, 0) is 0 Å². The van der Waals surface area contributed by atoms with E-state index in [1.54, 1.807) is 6.07 Å². The van der Waals surface area contributed by atoms with Crippen molar-refractivity contribution in [2.75, 3.05) is 5.73 Å². The first kappa shape index (κ1) is 11.4. The average molecular weight is 239 g/mol. The van der Waals surface area contributed by atoms with Crippen LogP contribution in [0.1, 0.15) is 36.5 Å². The third kappa shape index (κ3) is 2.19. The van der Waals surface area contributed by atoms with Crippen LogP contribution in [0.3, 0.4) is 0 Å². The Morgan fingerprint density at radius 3 is 2.94 bits per heavy atom. The van der Waals surface area contributed by atoms with E-state index in [1.165, 1.54) is 6.20 Å². The summed E-state index contributed by atoms with van der Waals surface area (Å²) in [6, 6.07) is 1.62. The maximum Gasteiger partial charge on any atom is 0.169 e. The Balaban J connectivity index is 2.23. The van der Waals surface area contributed by atoms with Crippen molar-refractivity contribution in [3.63, 3.8) is 0 Å². The van der Waals surface area contributed by atoms with Gasteiger partial charge in [0.05, 0.1) is 10.6 Å². The van der Waals surface area contributed by atoms with Crippen molar-refractivity contribution in [2.45, 2.75) is 26.2 Å². The Morgan fingerprint density at radius 2 is 2.31 bits per heavy atom. The normalized spacial score (nSPS) is 24.6. The Hall–Kier alpha value is -1.09. The van der Waals surface area contributed by atoms with E-state index in [9.17, 15) is 4.79 Å². The number of nitrogens with two attached hydrogens (primary N) is 1. The molecule has 0 amide bonds. The van der Waals surface area contributed by atoms with Gasteiger partial charge in [-0.3, -0.25) is 4.79 Å². The Morgan fingerprint density at radius 1 is 1.56 bits per heavy atom. The van der Waals surface area contributed by atoms with E-state index in [4.69, 9.17) is 17.3 Å². The van der Waals surface area contributed by atoms with Crippen LogP contribution in [0.15, 0.2) is 12.3 Å². The number of ketones is 1. The van der Waals surface area contributed by atoms with Crippen LogP contribution in [0.25, 0.3) is 0 Å². The minimum absolute atomic E-state index is 0.0943. The second-order valence-corrected chi connectivity index (χ2v) is 5.00. The van der Waals surface area contributed by atoms with Gasteiger partial charge in [-0.25, -0.2) is 4.98 Å². The van der Waals surface area contributed by atoms with Crippen molar-refractivity contribution in [3.8, 4) is 0 Å². The molecule has 0 aromatic carbocycles. The highest BCUT2D eigenvalue weighted by Gasteiger charge is 2.29. The molecule has 0 radical (unpaired) electrons. The fourth-order valence-electron chi connectivity index (χ4n) is 2.31. The third-order valence-corrected chi connectivity index (χ3v) is 3.42. The summed E-state index contributed by atoms with van der Waals surface area (Å²) in [6.07, 6.45) is 4.48. The zero-order valence-corrected chi connectivity index (χ0v) is 10.00. The Kier molecular flexibility index (Phi) is 3.15. The van der Waals surface area contributed by atoms with Crippen molar-refractivity contribution < 1.29 is 4.79 Å². The number of rotatable bonds is 2. The maximum absolute atomic E-state index is 12.2. The van der Waals surface area contributed by atoms with Crippen LogP contribution in [-0.4, -0.2) is 10.8 Å². The largest absolute Gasteiger partial charge is 0.383 e. The lowest BCUT2D eigenvalue weighted by Crippen LogP contribution is -2.14. The molecular weight excluding hydrogens is 224 g/mol. The van der Waals surface area contributed by atoms with Crippen LogP contribution >= 0.6 is 11.6 Å². The third-order valence-electron chi connectivity index (χ3n) is 3.22. The number of carbonyl (C=O) groups is 1. The standard InChI is InChI=1S/C12H15ClN2O/c1-7-2-3-8(4-7)11(16)10-5-9(13)6-15-12(10)14/h5-8H,2-4H2,1H3,(H2,14,15). The quantitative estimate of drug-likeness (QED) is 0.806. The number of nitrogens with zero attached hydrogens (tertiary/aromatic N) is 1. The molecule has 1 fully saturated rings. The molecule has 1 heterocycles. The molecule has 0 spiro atoms. The lowest BCUT2D eigenvalue weighted by atomic mass is 9.96. The summed E-state index contributed by atoms with van der Waals surface area (Å²) in [5.74, 6) is 1.10. The summed E-state index contributed by atoms with van der Waals surface area (Å²) in [6.45, 7) is 2.17. The molecule has 1 aliphatic carbocycles. The van der Waals surface area contributed by atoms with Gasteiger partial charge in [0.15, 0.2) is 5.78 Å². The van der Waals surface area contributed by atoms with E-state index in [2.05, 4.69) is 11.9 Å². The zero-order chi connectivity index (χ0) is 11.7. The van der Waals surface area contributed by atoms with Gasteiger partial charge >= 0.3 is 0 Å². The van der Waals surface area contributed by atoms with Gasteiger partial charge in [0.25, 0.3) is 0 Å². The fraction of sp³-hybridized carbons (Fsp3) is 0.500. The van der Waals surface area contributed by atoms with Crippen LogP contribution in [0, 0.1) is 11.8 Å². The summed E-state index contributed by atoms with van der Waals surface area (Å²) < 4.78 is 0. The number of hydrogen-bond donors (Lipinski definition) is 1. The van der Waals surface area contributed by atoms with Gasteiger partial charge in [-0.1, -0.05) is 18.5 Å². The minimum atomic E-state index is 0.0943. The molecule has 1 aliphatic rings. The first-order valence-electron chi connectivity index (χ1n) is 5.53. The smallest absolute Gasteiger partial charge is 0.169 e. The Bertz CT molecular complexity index is 419. The molecule has 16 heavy (non-hydrogen) atoms. The van der Waals surface area contributed by atoms with Crippen LogP contribution in [0.4, 0.5) is 5.82 Å². The molecule has 1 aromatic rings. The summed E-state index contributed by atoms with van der Waals surface area (Å²) >= 11 is 5.83. The van der Waals surface area contributed by atoms with E-state index >= 15 is 0 Å². The van der Waals surface area contributed by atoms with Crippen molar-refractivity contribution in [1.29, 1.82) is 0 Å². The number of hydrogen-bond acceptors (Lipinski definition) is 3. The van der Waals surface area contributed by atoms with Gasteiger partial charge in [0.2, 0.25) is 0 Å². The second kappa shape index (κ2) is 4.42. The minimum Gasteiger partial charge on any atom is -0.383 e. The predicted molar refractivity (Wildman–Crippen MR) is 64.5 cm³/mol. The lowest BCUT2D eigenvalue weighted by Gasteiger charge is -2.10. The summed E-state index contributed by atoms with van der Waals surface area (Å²) in [4.78, 5) is 16.1. The molecule has 2 unspecified atom stereocenters. The molecule has 0 aliphatic heterocycles. The van der Waals surface area contributed by atoms with Gasteiger partial charge in [-0.05, 0) is 31.2 Å². The van der Waals surface area contributed by atoms with Crippen LogP contribution in [0.5, 0.6) is 0 Å². The molecule has 0 saturated heterocycles. The summed E-state index contributed by atoms with van der Waals surface area (Å²) in [5, 5.41) is 0.462. The highest BCUT2D eigenvalue weighted by atomic mass is 35.5. The first-order valence-corrected chi connectivity index (χ1v) is 5.91. The molecule has 0 bridgehead atoms. The van der Waals surface area contributed by atoms with Crippen molar-refractivity contribution >= 4 is 23.2 Å². The van der Waals surface area contributed by atoms with Crippen molar-refractivity contribution in [2.24, 2.45) is 11.8 Å². The van der Waals surface area contributed by atoms with Crippen molar-refractivity contribution in [3.05, 3.63) is 22.8 Å². The van der Waals surface area contributed by atoms with Gasteiger partial charge in [-0.2, -0.15) is 0 Å². The van der Waals surface area contributed by atoms with Gasteiger partial charge < -0.3 is 5.73 Å². The molecule has 2 N–H and O–H groups in total. The number of carbonyl (C=O) groups excluding carboxylic acids is 1. The van der Waals surface area contributed by atoms with E-state index < -0.39 is 0 Å². The molecule has 3 nitrogen and oxygen atoms in total. The predicted octanol–water partition coefficient (Wildman–Crippen LogP) is 2.94. The molecule has 4 heteroatoms. The molecule has 2 rings (SSSR count). The molecule has 1 saturated carbocycles. The number of Topliss-reactive ketones (excluding diaryl/α,β-unsaturated/α-hetero) is 1. The second-order valence-electron chi connectivity index (χ2n) is 4.57. The monoisotopic (exact) mass is 238 g/mol. The van der Waals surface area contributed by atoms with Gasteiger partial charge in [0.1, 0.15) is 5.82 Å². The number of halogens is 1. The van der Waals surface area contributed by atoms with Crippen LogP contribution in [0.2, 0.25) is 5.02 Å². The Labute approximate surface area is 100 Å². The number of anilines is 1. The highest BCUT2D eigenvalue weighted by molar-refractivity contribution is 6.31. The van der Waals surface area contributed by atoms with Crippen LogP contribution < -0.4 is 5.73 Å². The zero-order valence-electron chi connectivity index (χ0n) is 9.24. The topological polar surface area (TPSA) is 56.0 Å². The molecular formula is C12H15ClN2O. The number of nitrogen functional groups attached to an aromatic ring is 1. The SMILES string of the molecule is CC1CCC(C(=O)c2cc(Cl)cnc2N)C1. The summed E-state index contributed by atoms with van der Waals surface area (Å²) in [5.41, 5.74) is 6.18. The molecule has 1 aromatic heterocycles. The number of aromatic nitrogens is 1. The molecule has 86 valence electrons. The lowest BCUT2D eigenvalue weighted by molar-refractivity contribution is 0.0921. The maximum atomic E-state index is 12.2. The van der Waals surface area contributed by atoms with E-state index in [0.29, 0.717) is 16.5 Å². The van der Waals surface area contributed by atoms with E-state index in [1.807, 2.05) is 0 Å². The first-order chi connectivity index (χ1) is 7.58. The van der Waals surface area contributed by atoms with Gasteiger partial charge in [-0.15, -0.1) is 0 Å². The van der Waals surface area contributed by atoms with Gasteiger partial charge in [0, 0.05) is 12.1 Å². The fourth-order valence-corrected chi connectivity index (χ4v) is 2.47. The number of pyridine rings is 1. The summed E-state index contributed by atoms with van der Waals surface area (Å²) in [7, 11) is 0. The van der Waals surface area contributed by atoms with Crippen molar-refractivity contribution in [1.82, 2.24) is 4.98 Å². The van der Waals surface area contributed by atoms with E-state index in [0.717, 1.165) is 19.3 Å². The van der Waals surface area contributed by atoms with E-state index in [-0.39, 0.29) is 17.5 Å². The average Bonchev–Trinajstić information content (AvgIpc) is 2.67. The molecule has 2 atom stereocenters.